The summed E-state index contributed by atoms with van der Waals surface area (Å²) < 4.78 is 5.36. The standard InChI is InChI=1S/C13H16O/c1-4-5-6-12-7-9-13(10-8-12)14-11(2)3/h4-5,7-10H,2,6H2,1,3H3/b5-4-. The third-order valence-electron chi connectivity index (χ3n) is 1.80. The summed E-state index contributed by atoms with van der Waals surface area (Å²) in [6, 6.07) is 8.07. The van der Waals surface area contributed by atoms with Crippen molar-refractivity contribution in [3.05, 3.63) is 54.3 Å². The molecule has 0 saturated heterocycles. The highest BCUT2D eigenvalue weighted by Crippen LogP contribution is 2.14. The third kappa shape index (κ3) is 3.48. The van der Waals surface area contributed by atoms with Crippen molar-refractivity contribution >= 4 is 0 Å². The van der Waals surface area contributed by atoms with E-state index in [-0.39, 0.29) is 0 Å². The molecule has 0 spiro atoms. The van der Waals surface area contributed by atoms with Crippen LogP contribution in [0.4, 0.5) is 0 Å². The summed E-state index contributed by atoms with van der Waals surface area (Å²) >= 11 is 0. The highest BCUT2D eigenvalue weighted by Gasteiger charge is 1.94. The lowest BCUT2D eigenvalue weighted by atomic mass is 10.1. The van der Waals surface area contributed by atoms with E-state index in [4.69, 9.17) is 4.74 Å². The molecule has 1 aromatic carbocycles. The molecule has 0 aliphatic heterocycles. The van der Waals surface area contributed by atoms with Gasteiger partial charge in [0.1, 0.15) is 5.75 Å². The van der Waals surface area contributed by atoms with Gasteiger partial charge in [-0.1, -0.05) is 30.9 Å². The van der Waals surface area contributed by atoms with Gasteiger partial charge in [0, 0.05) is 0 Å². The fourth-order valence-electron chi connectivity index (χ4n) is 1.15. The van der Waals surface area contributed by atoms with E-state index in [1.165, 1.54) is 5.56 Å². The molecule has 0 bridgehead atoms. The number of ether oxygens (including phenoxy) is 1. The maximum Gasteiger partial charge on any atom is 0.126 e. The summed E-state index contributed by atoms with van der Waals surface area (Å²) in [4.78, 5) is 0. The Labute approximate surface area is 85.7 Å². The Kier molecular flexibility index (Phi) is 3.99. The van der Waals surface area contributed by atoms with E-state index in [0.717, 1.165) is 12.2 Å². The van der Waals surface area contributed by atoms with Crippen LogP contribution in [0.3, 0.4) is 0 Å². The molecule has 0 aliphatic carbocycles. The molecule has 0 radical (unpaired) electrons. The zero-order valence-corrected chi connectivity index (χ0v) is 8.79. The molecule has 74 valence electrons. The summed E-state index contributed by atoms with van der Waals surface area (Å²) in [6.45, 7) is 7.56. The lowest BCUT2D eigenvalue weighted by Crippen LogP contribution is -1.88. The van der Waals surface area contributed by atoms with Gasteiger partial charge >= 0.3 is 0 Å². The van der Waals surface area contributed by atoms with Crippen molar-refractivity contribution in [2.75, 3.05) is 0 Å². The molecule has 14 heavy (non-hydrogen) atoms. The zero-order valence-electron chi connectivity index (χ0n) is 8.79. The van der Waals surface area contributed by atoms with E-state index in [2.05, 4.69) is 30.9 Å². The van der Waals surface area contributed by atoms with Gasteiger partial charge in [-0.3, -0.25) is 0 Å². The van der Waals surface area contributed by atoms with Crippen LogP contribution < -0.4 is 4.74 Å². The van der Waals surface area contributed by atoms with Gasteiger partial charge in [-0.25, -0.2) is 0 Å². The first kappa shape index (κ1) is 10.6. The van der Waals surface area contributed by atoms with Crippen molar-refractivity contribution in [2.45, 2.75) is 20.3 Å². The van der Waals surface area contributed by atoms with Gasteiger partial charge in [-0.2, -0.15) is 0 Å². The van der Waals surface area contributed by atoms with Crippen molar-refractivity contribution in [3.8, 4) is 5.75 Å². The Morgan fingerprint density at radius 3 is 2.50 bits per heavy atom. The van der Waals surface area contributed by atoms with Crippen molar-refractivity contribution in [1.82, 2.24) is 0 Å². The Hall–Kier alpha value is -1.50. The first-order chi connectivity index (χ1) is 6.72. The van der Waals surface area contributed by atoms with Crippen LogP contribution in [0.2, 0.25) is 0 Å². The average Bonchev–Trinajstić information content (AvgIpc) is 2.16. The topological polar surface area (TPSA) is 9.23 Å². The molecular formula is C13H16O. The third-order valence-corrected chi connectivity index (χ3v) is 1.80. The Balaban J connectivity index is 2.63. The van der Waals surface area contributed by atoms with Gasteiger partial charge in [0.15, 0.2) is 0 Å². The van der Waals surface area contributed by atoms with Crippen molar-refractivity contribution < 1.29 is 4.74 Å². The Morgan fingerprint density at radius 1 is 1.36 bits per heavy atom. The highest BCUT2D eigenvalue weighted by atomic mass is 16.5. The molecule has 1 rings (SSSR count). The number of hydrogen-bond acceptors (Lipinski definition) is 1. The van der Waals surface area contributed by atoms with Gasteiger partial charge in [-0.05, 0) is 38.0 Å². The summed E-state index contributed by atoms with van der Waals surface area (Å²) in [5, 5.41) is 0. The number of allylic oxidation sites excluding steroid dienone is 3. The van der Waals surface area contributed by atoms with Crippen LogP contribution in [0.1, 0.15) is 19.4 Å². The number of rotatable bonds is 4. The van der Waals surface area contributed by atoms with Crippen LogP contribution in [0.5, 0.6) is 5.75 Å². The average molecular weight is 188 g/mol. The predicted octanol–water partition coefficient (Wildman–Crippen LogP) is 3.72. The molecule has 0 heterocycles. The lowest BCUT2D eigenvalue weighted by molar-refractivity contribution is 0.430. The minimum Gasteiger partial charge on any atom is -0.463 e. The summed E-state index contributed by atoms with van der Waals surface area (Å²) in [7, 11) is 0. The minimum atomic E-state index is 0.714. The number of hydrogen-bond donors (Lipinski definition) is 0. The molecular weight excluding hydrogens is 172 g/mol. The van der Waals surface area contributed by atoms with Crippen LogP contribution in [-0.4, -0.2) is 0 Å². The van der Waals surface area contributed by atoms with E-state index in [1.54, 1.807) is 0 Å². The molecule has 0 atom stereocenters. The van der Waals surface area contributed by atoms with Gasteiger partial charge in [-0.15, -0.1) is 0 Å². The van der Waals surface area contributed by atoms with E-state index >= 15 is 0 Å². The van der Waals surface area contributed by atoms with Gasteiger partial charge in [0.2, 0.25) is 0 Å². The van der Waals surface area contributed by atoms with Gasteiger partial charge in [0.05, 0.1) is 5.76 Å². The summed E-state index contributed by atoms with van der Waals surface area (Å²) in [5.41, 5.74) is 1.29. The molecule has 0 aliphatic rings. The Morgan fingerprint density at radius 2 is 2.00 bits per heavy atom. The zero-order chi connectivity index (χ0) is 10.4. The molecule has 0 unspecified atom stereocenters. The van der Waals surface area contributed by atoms with Crippen LogP contribution in [0.25, 0.3) is 0 Å². The number of benzene rings is 1. The molecule has 0 fully saturated rings. The largest absolute Gasteiger partial charge is 0.463 e. The van der Waals surface area contributed by atoms with Crippen LogP contribution in [0, 0.1) is 0 Å². The fourth-order valence-corrected chi connectivity index (χ4v) is 1.15. The molecule has 1 heteroatoms. The minimum absolute atomic E-state index is 0.714. The molecule has 0 N–H and O–H groups in total. The lowest BCUT2D eigenvalue weighted by Gasteiger charge is -2.04. The SMILES string of the molecule is C=C(C)Oc1ccc(C/C=C\C)cc1. The smallest absolute Gasteiger partial charge is 0.126 e. The van der Waals surface area contributed by atoms with Crippen molar-refractivity contribution in [2.24, 2.45) is 0 Å². The summed E-state index contributed by atoms with van der Waals surface area (Å²) in [5.74, 6) is 1.56. The molecule has 0 amide bonds. The predicted molar refractivity (Wildman–Crippen MR) is 60.4 cm³/mol. The fraction of sp³-hybridized carbons (Fsp3) is 0.231. The first-order valence-corrected chi connectivity index (χ1v) is 4.76. The molecule has 0 saturated carbocycles. The normalized spacial score (nSPS) is 10.4. The van der Waals surface area contributed by atoms with Crippen LogP contribution in [-0.2, 0) is 6.42 Å². The highest BCUT2D eigenvalue weighted by molar-refractivity contribution is 5.29. The van der Waals surface area contributed by atoms with Crippen molar-refractivity contribution in [1.29, 1.82) is 0 Å². The van der Waals surface area contributed by atoms with Crippen LogP contribution in [0.15, 0.2) is 48.8 Å². The quantitative estimate of drug-likeness (QED) is 0.517. The maximum atomic E-state index is 5.36. The first-order valence-electron chi connectivity index (χ1n) is 4.76. The second-order valence-corrected chi connectivity index (χ2v) is 3.22. The van der Waals surface area contributed by atoms with Gasteiger partial charge in [0.25, 0.3) is 0 Å². The van der Waals surface area contributed by atoms with E-state index in [9.17, 15) is 0 Å². The molecule has 0 aromatic heterocycles. The molecule has 1 nitrogen and oxygen atoms in total. The van der Waals surface area contributed by atoms with E-state index in [1.807, 2.05) is 26.0 Å². The van der Waals surface area contributed by atoms with E-state index < -0.39 is 0 Å². The summed E-state index contributed by atoms with van der Waals surface area (Å²) in [6.07, 6.45) is 5.16. The Bertz CT molecular complexity index is 320. The maximum absolute atomic E-state index is 5.36. The second kappa shape index (κ2) is 5.28. The van der Waals surface area contributed by atoms with Gasteiger partial charge < -0.3 is 4.74 Å². The monoisotopic (exact) mass is 188 g/mol. The molecule has 1 aromatic rings. The van der Waals surface area contributed by atoms with E-state index in [0.29, 0.717) is 5.76 Å². The van der Waals surface area contributed by atoms with Crippen LogP contribution >= 0.6 is 0 Å². The van der Waals surface area contributed by atoms with Crippen molar-refractivity contribution in [3.63, 3.8) is 0 Å². The second-order valence-electron chi connectivity index (χ2n) is 3.22.